The van der Waals surface area contributed by atoms with Crippen molar-refractivity contribution in [2.45, 2.75) is 75.0 Å². The number of halogens is 3. The molecule has 284 valence electrons. The Balaban J connectivity index is 1.20. The van der Waals surface area contributed by atoms with Gasteiger partial charge in [-0.3, -0.25) is 19.3 Å². The Morgan fingerprint density at radius 2 is 1.56 bits per heavy atom. The number of nitrogens with zero attached hydrogens (tertiary/aromatic N) is 4. The maximum absolute atomic E-state index is 14.6. The van der Waals surface area contributed by atoms with E-state index in [0.29, 0.717) is 19.1 Å². The van der Waals surface area contributed by atoms with E-state index < -0.39 is 59.7 Å². The Kier molecular flexibility index (Phi) is 11.0. The Bertz CT molecular complexity index is 1840. The first kappa shape index (κ1) is 37.2. The monoisotopic (exact) mass is 743 g/mol. The van der Waals surface area contributed by atoms with E-state index in [-0.39, 0.29) is 18.7 Å². The Morgan fingerprint density at radius 3 is 2.24 bits per heavy atom. The van der Waals surface area contributed by atoms with Gasteiger partial charge in [0.15, 0.2) is 6.04 Å². The first-order chi connectivity index (χ1) is 26.1. The third kappa shape index (κ3) is 7.87. The lowest BCUT2D eigenvalue weighted by molar-refractivity contribution is -0.169. The number of likely N-dealkylation sites (tertiary alicyclic amines) is 3. The molecule has 0 radical (unpaired) electrons. The maximum atomic E-state index is 14.6. The van der Waals surface area contributed by atoms with Gasteiger partial charge >= 0.3 is 12.3 Å². The van der Waals surface area contributed by atoms with Gasteiger partial charge in [-0.2, -0.15) is 13.2 Å². The van der Waals surface area contributed by atoms with Crippen LogP contribution in [0.25, 0.3) is 6.08 Å². The van der Waals surface area contributed by atoms with Crippen LogP contribution in [-0.2, 0) is 31.8 Å². The number of carbonyl (C=O) groups is 4. The van der Waals surface area contributed by atoms with Crippen LogP contribution in [0.15, 0.2) is 91.0 Å². The van der Waals surface area contributed by atoms with E-state index in [0.717, 1.165) is 62.0 Å². The molecule has 1 unspecified atom stereocenters. The fourth-order valence-corrected chi connectivity index (χ4v) is 8.15. The first-order valence-electron chi connectivity index (χ1n) is 18.6. The maximum Gasteiger partial charge on any atom is 0.416 e. The summed E-state index contributed by atoms with van der Waals surface area (Å²) in [5.74, 6) is -1.99. The predicted molar refractivity (Wildman–Crippen MR) is 194 cm³/mol. The topological polar surface area (TPSA) is 103 Å². The fraction of sp³-hybridized carbons (Fsp3) is 0.415. The van der Waals surface area contributed by atoms with Gasteiger partial charge in [-0.15, -0.1) is 0 Å². The predicted octanol–water partition coefficient (Wildman–Crippen LogP) is 5.65. The molecule has 4 aliphatic rings. The lowest BCUT2D eigenvalue weighted by Crippen LogP contribution is -2.76. The molecule has 4 aliphatic heterocycles. The normalized spacial score (nSPS) is 23.3. The third-order valence-corrected chi connectivity index (χ3v) is 11.0. The van der Waals surface area contributed by atoms with Gasteiger partial charge in [0.2, 0.25) is 5.91 Å². The molecule has 0 spiro atoms. The van der Waals surface area contributed by atoms with Gasteiger partial charge in [0, 0.05) is 25.7 Å². The van der Waals surface area contributed by atoms with Crippen LogP contribution in [0.3, 0.4) is 0 Å². The van der Waals surface area contributed by atoms with E-state index in [1.165, 1.54) is 28.4 Å². The van der Waals surface area contributed by atoms with Gasteiger partial charge in [-0.1, -0.05) is 91.4 Å². The average Bonchev–Trinajstić information content (AvgIpc) is 3.57. The van der Waals surface area contributed by atoms with Gasteiger partial charge in [0.05, 0.1) is 17.6 Å². The zero-order chi connectivity index (χ0) is 37.8. The summed E-state index contributed by atoms with van der Waals surface area (Å²) in [5, 5.41) is 2.66. The lowest BCUT2D eigenvalue weighted by atomic mass is 9.87. The number of amides is 4. The Morgan fingerprint density at radius 1 is 0.870 bits per heavy atom. The number of hydrogen-bond donors (Lipinski definition) is 1. The molecule has 1 N–H and O–H groups in total. The summed E-state index contributed by atoms with van der Waals surface area (Å²) in [6, 6.07) is 19.2. The minimum absolute atomic E-state index is 0.0214. The molecule has 3 aromatic rings. The van der Waals surface area contributed by atoms with Crippen molar-refractivity contribution in [2.75, 3.05) is 32.8 Å². The standard InChI is InChI=1S/C41H44F3N5O5/c42-41(43,44)31-16-10-13-29(25-31)26-45-37(50)36(38(51)47-23-19-32(20-24-47)46-21-8-3-9-22-46)48-33(18-17-28-11-4-1-5-12-28)35(39(48)52)49-34(27-54-40(49)53)30-14-6-2-7-15-30/h1-2,4-7,10-18,25,32-36H,3,8-9,19-24,26-27H2,(H,45,50)/b18-17+/t33-,34+,35+,36?/m1/s1. The second-order valence-corrected chi connectivity index (χ2v) is 14.3. The molecule has 4 amide bonds. The summed E-state index contributed by atoms with van der Waals surface area (Å²) in [5.41, 5.74) is 0.889. The molecule has 0 aromatic heterocycles. The van der Waals surface area contributed by atoms with Gasteiger partial charge in [0.25, 0.3) is 11.8 Å². The van der Waals surface area contributed by atoms with Crippen LogP contribution in [0.2, 0.25) is 0 Å². The number of nitrogens with one attached hydrogen (secondary N) is 1. The number of benzene rings is 3. The molecule has 0 aliphatic carbocycles. The van der Waals surface area contributed by atoms with Crippen LogP contribution in [0, 0.1) is 0 Å². The molecule has 4 saturated heterocycles. The highest BCUT2D eigenvalue weighted by Crippen LogP contribution is 2.39. The molecule has 4 fully saturated rings. The van der Waals surface area contributed by atoms with Crippen LogP contribution < -0.4 is 5.32 Å². The van der Waals surface area contributed by atoms with E-state index in [2.05, 4.69) is 10.2 Å². The van der Waals surface area contributed by atoms with Crippen LogP contribution in [0.5, 0.6) is 0 Å². The highest BCUT2D eigenvalue weighted by molar-refractivity contribution is 6.09. The van der Waals surface area contributed by atoms with E-state index >= 15 is 0 Å². The van der Waals surface area contributed by atoms with Crippen molar-refractivity contribution in [1.82, 2.24) is 24.9 Å². The molecule has 10 nitrogen and oxygen atoms in total. The smallest absolute Gasteiger partial charge is 0.416 e. The summed E-state index contributed by atoms with van der Waals surface area (Å²) >= 11 is 0. The van der Waals surface area contributed by atoms with Crippen LogP contribution in [0.4, 0.5) is 18.0 Å². The van der Waals surface area contributed by atoms with Crippen molar-refractivity contribution in [3.05, 3.63) is 113 Å². The number of ether oxygens (including phenoxy) is 1. The van der Waals surface area contributed by atoms with Crippen molar-refractivity contribution in [1.29, 1.82) is 0 Å². The minimum atomic E-state index is -4.58. The summed E-state index contributed by atoms with van der Waals surface area (Å²) in [6.45, 7) is 2.54. The molecule has 54 heavy (non-hydrogen) atoms. The van der Waals surface area contributed by atoms with E-state index in [1.807, 2.05) is 60.7 Å². The molecule has 13 heteroatoms. The van der Waals surface area contributed by atoms with Crippen molar-refractivity contribution < 1.29 is 37.1 Å². The van der Waals surface area contributed by atoms with Crippen LogP contribution in [-0.4, -0.2) is 100 Å². The Labute approximate surface area is 312 Å². The molecule has 4 atom stereocenters. The number of carbonyl (C=O) groups excluding carboxylic acids is 4. The van der Waals surface area contributed by atoms with Crippen molar-refractivity contribution in [2.24, 2.45) is 0 Å². The second-order valence-electron chi connectivity index (χ2n) is 14.3. The van der Waals surface area contributed by atoms with Crippen molar-refractivity contribution in [3.63, 3.8) is 0 Å². The molecule has 0 saturated carbocycles. The largest absolute Gasteiger partial charge is 0.447 e. The third-order valence-electron chi connectivity index (χ3n) is 11.0. The molecular formula is C41H44F3N5O5. The van der Waals surface area contributed by atoms with E-state index in [9.17, 15) is 32.3 Å². The number of hydrogen-bond acceptors (Lipinski definition) is 6. The number of piperidine rings is 2. The van der Waals surface area contributed by atoms with E-state index in [1.54, 1.807) is 17.1 Å². The lowest BCUT2D eigenvalue weighted by Gasteiger charge is -2.52. The minimum Gasteiger partial charge on any atom is -0.447 e. The van der Waals surface area contributed by atoms with Gasteiger partial charge in [0.1, 0.15) is 12.6 Å². The number of β-lactam (4-membered cyclic amide) rings is 1. The van der Waals surface area contributed by atoms with Gasteiger partial charge < -0.3 is 24.8 Å². The zero-order valence-electron chi connectivity index (χ0n) is 29.9. The van der Waals surface area contributed by atoms with Gasteiger partial charge in [-0.05, 0) is 67.6 Å². The number of alkyl halides is 3. The SMILES string of the molecule is O=C(NCc1cccc(C(F)(F)F)c1)C(C(=O)N1CCC(N2CCCCC2)CC1)N1C(=O)[C@@H](N2C(=O)OC[C@H]2c2ccccc2)[C@H]1/C=C/c1ccccc1. The quantitative estimate of drug-likeness (QED) is 0.213. The van der Waals surface area contributed by atoms with Crippen LogP contribution in [0.1, 0.15) is 60.4 Å². The van der Waals surface area contributed by atoms with Crippen molar-refractivity contribution >= 4 is 29.9 Å². The first-order valence-corrected chi connectivity index (χ1v) is 18.6. The number of rotatable bonds is 10. The molecule has 0 bridgehead atoms. The molecule has 4 heterocycles. The summed E-state index contributed by atoms with van der Waals surface area (Å²) in [4.78, 5) is 63.3. The zero-order valence-corrected chi connectivity index (χ0v) is 29.9. The summed E-state index contributed by atoms with van der Waals surface area (Å²) in [6.07, 6.45) is 3.16. The summed E-state index contributed by atoms with van der Waals surface area (Å²) < 4.78 is 46.0. The van der Waals surface area contributed by atoms with Gasteiger partial charge in [-0.25, -0.2) is 4.79 Å². The molecule has 7 rings (SSSR count). The van der Waals surface area contributed by atoms with Crippen LogP contribution >= 0.6 is 0 Å². The average molecular weight is 744 g/mol. The fourth-order valence-electron chi connectivity index (χ4n) is 8.15. The molecule has 3 aromatic carbocycles. The second kappa shape index (κ2) is 16.1. The van der Waals surface area contributed by atoms with Crippen molar-refractivity contribution in [3.8, 4) is 0 Å². The van der Waals surface area contributed by atoms with E-state index in [4.69, 9.17) is 4.74 Å². The Hall–Kier alpha value is -5.17. The summed E-state index contributed by atoms with van der Waals surface area (Å²) in [7, 11) is 0. The number of cyclic esters (lactones) is 1. The molecular weight excluding hydrogens is 699 g/mol. The highest BCUT2D eigenvalue weighted by atomic mass is 19.4. The highest BCUT2D eigenvalue weighted by Gasteiger charge is 2.60.